The number of urea groups is 1. The van der Waals surface area contributed by atoms with E-state index in [1.807, 2.05) is 59.5 Å². The minimum atomic E-state index is -0.115. The Labute approximate surface area is 161 Å². The summed E-state index contributed by atoms with van der Waals surface area (Å²) in [7, 11) is 0. The van der Waals surface area contributed by atoms with Gasteiger partial charge in [0.2, 0.25) is 0 Å². The molecule has 0 aliphatic carbocycles. The van der Waals surface area contributed by atoms with Crippen LogP contribution in [0.15, 0.2) is 54.6 Å². The second kappa shape index (κ2) is 8.33. The summed E-state index contributed by atoms with van der Waals surface area (Å²) in [6, 6.07) is 16.9. The lowest BCUT2D eigenvalue weighted by Gasteiger charge is -2.22. The number of hydrogen-bond donors (Lipinski definition) is 1. The van der Waals surface area contributed by atoms with Crippen LogP contribution in [0.4, 0.5) is 10.5 Å². The second-order valence-corrected chi connectivity index (χ2v) is 7.18. The molecule has 0 aromatic heterocycles. The lowest BCUT2D eigenvalue weighted by Crippen LogP contribution is -2.39. The SMILES string of the molecule is O=C(Nc1cccc(I)c1)N1CCCN(C(=O)c2ccccc2)CC1. The van der Waals surface area contributed by atoms with Gasteiger partial charge >= 0.3 is 6.03 Å². The molecule has 0 radical (unpaired) electrons. The molecule has 2 aromatic carbocycles. The predicted octanol–water partition coefficient (Wildman–Crippen LogP) is 3.67. The quantitative estimate of drug-likeness (QED) is 0.712. The maximum Gasteiger partial charge on any atom is 0.321 e. The molecule has 1 saturated heterocycles. The summed E-state index contributed by atoms with van der Waals surface area (Å²) in [5.74, 6) is 0.0282. The number of hydrogen-bond acceptors (Lipinski definition) is 2. The van der Waals surface area contributed by atoms with Gasteiger partial charge in [0.05, 0.1) is 0 Å². The van der Waals surface area contributed by atoms with Gasteiger partial charge in [-0.2, -0.15) is 0 Å². The zero-order valence-electron chi connectivity index (χ0n) is 13.8. The van der Waals surface area contributed by atoms with Gasteiger partial charge < -0.3 is 15.1 Å². The van der Waals surface area contributed by atoms with Crippen LogP contribution in [0.5, 0.6) is 0 Å². The number of rotatable bonds is 2. The smallest absolute Gasteiger partial charge is 0.321 e. The molecule has 25 heavy (non-hydrogen) atoms. The third-order valence-electron chi connectivity index (χ3n) is 4.17. The summed E-state index contributed by atoms with van der Waals surface area (Å²) in [4.78, 5) is 28.7. The molecule has 0 spiro atoms. The molecule has 0 bridgehead atoms. The molecule has 1 aliphatic heterocycles. The highest BCUT2D eigenvalue weighted by atomic mass is 127. The first-order valence-corrected chi connectivity index (χ1v) is 9.37. The van der Waals surface area contributed by atoms with Gasteiger partial charge in [0, 0.05) is 41.0 Å². The molecule has 0 unspecified atom stereocenters. The molecule has 2 aromatic rings. The van der Waals surface area contributed by atoms with E-state index in [9.17, 15) is 9.59 Å². The molecular weight excluding hydrogens is 429 g/mol. The van der Waals surface area contributed by atoms with Crippen LogP contribution >= 0.6 is 22.6 Å². The monoisotopic (exact) mass is 449 g/mol. The summed E-state index contributed by atoms with van der Waals surface area (Å²) < 4.78 is 1.07. The Bertz CT molecular complexity index is 751. The number of carbonyl (C=O) groups is 2. The standard InChI is InChI=1S/C19H20IN3O2/c20-16-8-4-9-17(14-16)21-19(25)23-11-5-10-22(12-13-23)18(24)15-6-2-1-3-7-15/h1-4,6-9,14H,5,10-13H2,(H,21,25). The van der Waals surface area contributed by atoms with E-state index in [2.05, 4.69) is 27.9 Å². The minimum absolute atomic E-state index is 0.0282. The van der Waals surface area contributed by atoms with E-state index in [1.54, 1.807) is 4.90 Å². The van der Waals surface area contributed by atoms with Crippen LogP contribution in [0.2, 0.25) is 0 Å². The summed E-state index contributed by atoms with van der Waals surface area (Å²) >= 11 is 2.22. The van der Waals surface area contributed by atoms with Crippen molar-refractivity contribution in [2.45, 2.75) is 6.42 Å². The number of halogens is 1. The first-order chi connectivity index (χ1) is 12.1. The number of nitrogens with zero attached hydrogens (tertiary/aromatic N) is 2. The predicted molar refractivity (Wildman–Crippen MR) is 107 cm³/mol. The Kier molecular flexibility index (Phi) is 5.91. The maximum atomic E-state index is 12.6. The van der Waals surface area contributed by atoms with E-state index < -0.39 is 0 Å². The fourth-order valence-corrected chi connectivity index (χ4v) is 3.40. The minimum Gasteiger partial charge on any atom is -0.337 e. The van der Waals surface area contributed by atoms with Crippen molar-refractivity contribution in [1.82, 2.24) is 9.80 Å². The molecule has 1 fully saturated rings. The number of nitrogens with one attached hydrogen (secondary N) is 1. The Morgan fingerprint density at radius 2 is 1.60 bits per heavy atom. The molecule has 5 nitrogen and oxygen atoms in total. The molecule has 3 amide bonds. The van der Waals surface area contributed by atoms with E-state index >= 15 is 0 Å². The van der Waals surface area contributed by atoms with Gasteiger partial charge in [-0.25, -0.2) is 4.79 Å². The first-order valence-electron chi connectivity index (χ1n) is 8.29. The molecular formula is C19H20IN3O2. The molecule has 0 atom stereocenters. The number of carbonyl (C=O) groups excluding carboxylic acids is 2. The molecule has 130 valence electrons. The second-order valence-electron chi connectivity index (χ2n) is 5.94. The van der Waals surface area contributed by atoms with Crippen LogP contribution in [-0.4, -0.2) is 47.9 Å². The Balaban J connectivity index is 1.59. The van der Waals surface area contributed by atoms with E-state index in [0.717, 1.165) is 15.7 Å². The van der Waals surface area contributed by atoms with Crippen molar-refractivity contribution in [3.63, 3.8) is 0 Å². The lowest BCUT2D eigenvalue weighted by molar-refractivity contribution is 0.0762. The highest BCUT2D eigenvalue weighted by molar-refractivity contribution is 14.1. The van der Waals surface area contributed by atoms with Crippen LogP contribution in [0, 0.1) is 3.57 Å². The van der Waals surface area contributed by atoms with Gasteiger partial charge in [0.15, 0.2) is 0 Å². The van der Waals surface area contributed by atoms with Gasteiger partial charge in [0.1, 0.15) is 0 Å². The summed E-state index contributed by atoms with van der Waals surface area (Å²) in [6.07, 6.45) is 0.776. The molecule has 0 saturated carbocycles. The van der Waals surface area contributed by atoms with Crippen LogP contribution in [0.1, 0.15) is 16.8 Å². The van der Waals surface area contributed by atoms with Crippen LogP contribution in [-0.2, 0) is 0 Å². The van der Waals surface area contributed by atoms with Gasteiger partial charge in [0.25, 0.3) is 5.91 Å². The number of amides is 3. The largest absolute Gasteiger partial charge is 0.337 e. The Morgan fingerprint density at radius 3 is 2.36 bits per heavy atom. The number of benzene rings is 2. The zero-order valence-corrected chi connectivity index (χ0v) is 16.0. The number of anilines is 1. The van der Waals surface area contributed by atoms with Gasteiger partial charge in [-0.15, -0.1) is 0 Å². The van der Waals surface area contributed by atoms with Gasteiger partial charge in [-0.05, 0) is 59.3 Å². The van der Waals surface area contributed by atoms with Crippen molar-refractivity contribution < 1.29 is 9.59 Å². The zero-order chi connectivity index (χ0) is 17.6. The average Bonchev–Trinajstić information content (AvgIpc) is 2.88. The van der Waals surface area contributed by atoms with Crippen molar-refractivity contribution in [2.75, 3.05) is 31.5 Å². The summed E-state index contributed by atoms with van der Waals surface area (Å²) in [6.45, 7) is 2.40. The highest BCUT2D eigenvalue weighted by Crippen LogP contribution is 2.14. The normalized spacial score (nSPS) is 14.8. The van der Waals surface area contributed by atoms with Crippen molar-refractivity contribution in [3.05, 3.63) is 63.7 Å². The summed E-state index contributed by atoms with van der Waals surface area (Å²) in [5.41, 5.74) is 1.48. The molecule has 1 aliphatic rings. The Hall–Kier alpha value is -2.09. The molecule has 3 rings (SSSR count). The van der Waals surface area contributed by atoms with E-state index in [-0.39, 0.29) is 11.9 Å². The lowest BCUT2D eigenvalue weighted by atomic mass is 10.2. The maximum absolute atomic E-state index is 12.6. The van der Waals surface area contributed by atoms with Gasteiger partial charge in [-0.1, -0.05) is 24.3 Å². The van der Waals surface area contributed by atoms with E-state index in [0.29, 0.717) is 31.7 Å². The topological polar surface area (TPSA) is 52.7 Å². The van der Waals surface area contributed by atoms with Crippen LogP contribution < -0.4 is 5.32 Å². The summed E-state index contributed by atoms with van der Waals surface area (Å²) in [5, 5.41) is 2.93. The fourth-order valence-electron chi connectivity index (χ4n) is 2.86. The van der Waals surface area contributed by atoms with Crippen molar-refractivity contribution in [3.8, 4) is 0 Å². The van der Waals surface area contributed by atoms with E-state index in [1.165, 1.54) is 0 Å². The van der Waals surface area contributed by atoms with Crippen molar-refractivity contribution in [2.24, 2.45) is 0 Å². The highest BCUT2D eigenvalue weighted by Gasteiger charge is 2.22. The van der Waals surface area contributed by atoms with Crippen LogP contribution in [0.3, 0.4) is 0 Å². The van der Waals surface area contributed by atoms with Crippen molar-refractivity contribution >= 4 is 40.2 Å². The molecule has 1 N–H and O–H groups in total. The Morgan fingerprint density at radius 1 is 0.880 bits per heavy atom. The van der Waals surface area contributed by atoms with Gasteiger partial charge in [-0.3, -0.25) is 4.79 Å². The molecule has 1 heterocycles. The fraction of sp³-hybridized carbons (Fsp3) is 0.263. The molecule has 6 heteroatoms. The average molecular weight is 449 g/mol. The first kappa shape index (κ1) is 17.7. The third kappa shape index (κ3) is 4.72. The van der Waals surface area contributed by atoms with E-state index in [4.69, 9.17) is 0 Å². The third-order valence-corrected chi connectivity index (χ3v) is 4.84. The van der Waals surface area contributed by atoms with Crippen LogP contribution in [0.25, 0.3) is 0 Å². The van der Waals surface area contributed by atoms with Crippen molar-refractivity contribution in [1.29, 1.82) is 0 Å².